The van der Waals surface area contributed by atoms with E-state index < -0.39 is 0 Å². The minimum absolute atomic E-state index is 0.127. The number of nitrogens with zero attached hydrogens (tertiary/aromatic N) is 2. The van der Waals surface area contributed by atoms with Gasteiger partial charge in [-0.05, 0) is 25.5 Å². The highest BCUT2D eigenvalue weighted by molar-refractivity contribution is 5.11. The molecule has 1 aliphatic rings. The lowest BCUT2D eigenvalue weighted by molar-refractivity contribution is -0.0936. The molecule has 1 saturated heterocycles. The summed E-state index contributed by atoms with van der Waals surface area (Å²) in [5.41, 5.74) is 1.98. The van der Waals surface area contributed by atoms with Crippen LogP contribution in [0.25, 0.3) is 0 Å². The average Bonchev–Trinajstić information content (AvgIpc) is 2.39. The lowest BCUT2D eigenvalue weighted by Gasteiger charge is -2.22. The molecule has 0 aliphatic carbocycles. The van der Waals surface area contributed by atoms with Gasteiger partial charge in [0.1, 0.15) is 6.10 Å². The van der Waals surface area contributed by atoms with Crippen LogP contribution in [0.4, 0.5) is 0 Å². The van der Waals surface area contributed by atoms with Crippen LogP contribution in [0.15, 0.2) is 6.07 Å². The lowest BCUT2D eigenvalue weighted by Crippen LogP contribution is -2.25. The Morgan fingerprint density at radius 3 is 2.89 bits per heavy atom. The summed E-state index contributed by atoms with van der Waals surface area (Å²) >= 11 is 0. The standard InChI is InChI=1S/C14H23N3O2/c1-10(2)7-15-8-12-6-11(3)16-14(17-12)13-9-18-4-5-19-13/h6,10,13,15H,4-5,7-9H2,1-3H3. The van der Waals surface area contributed by atoms with E-state index in [0.717, 1.165) is 30.3 Å². The molecule has 19 heavy (non-hydrogen) atoms. The smallest absolute Gasteiger partial charge is 0.160 e. The van der Waals surface area contributed by atoms with Gasteiger partial charge in [0.25, 0.3) is 0 Å². The fraction of sp³-hybridized carbons (Fsp3) is 0.714. The first kappa shape index (κ1) is 14.4. The van der Waals surface area contributed by atoms with Crippen LogP contribution in [-0.2, 0) is 16.0 Å². The van der Waals surface area contributed by atoms with Crippen LogP contribution < -0.4 is 5.32 Å². The van der Waals surface area contributed by atoms with Crippen LogP contribution in [0.3, 0.4) is 0 Å². The Morgan fingerprint density at radius 2 is 2.21 bits per heavy atom. The molecule has 0 bridgehead atoms. The third kappa shape index (κ3) is 4.53. The van der Waals surface area contributed by atoms with Gasteiger partial charge in [-0.15, -0.1) is 0 Å². The molecule has 5 heteroatoms. The van der Waals surface area contributed by atoms with Gasteiger partial charge in [-0.2, -0.15) is 0 Å². The monoisotopic (exact) mass is 265 g/mol. The summed E-state index contributed by atoms with van der Waals surface area (Å²) in [5, 5.41) is 3.40. The number of aromatic nitrogens is 2. The zero-order chi connectivity index (χ0) is 13.7. The molecule has 0 aromatic carbocycles. The Morgan fingerprint density at radius 1 is 1.37 bits per heavy atom. The van der Waals surface area contributed by atoms with E-state index in [1.807, 2.05) is 13.0 Å². The second-order valence-corrected chi connectivity index (χ2v) is 5.32. The van der Waals surface area contributed by atoms with Crippen molar-refractivity contribution in [1.82, 2.24) is 15.3 Å². The third-order valence-corrected chi connectivity index (χ3v) is 2.89. The number of rotatable bonds is 5. The highest BCUT2D eigenvalue weighted by Gasteiger charge is 2.20. The summed E-state index contributed by atoms with van der Waals surface area (Å²) < 4.78 is 11.1. The fourth-order valence-electron chi connectivity index (χ4n) is 2.02. The Bertz CT molecular complexity index is 404. The summed E-state index contributed by atoms with van der Waals surface area (Å²) in [6.45, 7) is 9.94. The Balaban J connectivity index is 2.01. The van der Waals surface area contributed by atoms with Gasteiger partial charge >= 0.3 is 0 Å². The largest absolute Gasteiger partial charge is 0.376 e. The van der Waals surface area contributed by atoms with E-state index in [1.165, 1.54) is 0 Å². The molecule has 2 heterocycles. The van der Waals surface area contributed by atoms with Crippen molar-refractivity contribution in [3.05, 3.63) is 23.3 Å². The molecule has 1 fully saturated rings. The molecule has 1 aromatic heterocycles. The SMILES string of the molecule is Cc1cc(CNCC(C)C)nc(C2COCCO2)n1. The predicted molar refractivity (Wildman–Crippen MR) is 72.8 cm³/mol. The van der Waals surface area contributed by atoms with E-state index >= 15 is 0 Å². The van der Waals surface area contributed by atoms with Crippen LogP contribution >= 0.6 is 0 Å². The maximum Gasteiger partial charge on any atom is 0.160 e. The fourth-order valence-corrected chi connectivity index (χ4v) is 2.02. The zero-order valence-corrected chi connectivity index (χ0v) is 12.0. The Kier molecular flexibility index (Phi) is 5.24. The molecule has 1 unspecified atom stereocenters. The van der Waals surface area contributed by atoms with Gasteiger partial charge in [0.2, 0.25) is 0 Å². The van der Waals surface area contributed by atoms with Crippen LogP contribution in [-0.4, -0.2) is 36.3 Å². The van der Waals surface area contributed by atoms with Crippen LogP contribution in [0, 0.1) is 12.8 Å². The molecule has 1 atom stereocenters. The van der Waals surface area contributed by atoms with Crippen LogP contribution in [0.1, 0.15) is 37.2 Å². The molecule has 1 aromatic rings. The number of hydrogen-bond acceptors (Lipinski definition) is 5. The number of hydrogen-bond donors (Lipinski definition) is 1. The molecule has 0 radical (unpaired) electrons. The minimum Gasteiger partial charge on any atom is -0.376 e. The molecular weight excluding hydrogens is 242 g/mol. The van der Waals surface area contributed by atoms with Crippen molar-refractivity contribution >= 4 is 0 Å². The van der Waals surface area contributed by atoms with Crippen LogP contribution in [0.2, 0.25) is 0 Å². The molecule has 5 nitrogen and oxygen atoms in total. The second kappa shape index (κ2) is 6.93. The number of ether oxygens (including phenoxy) is 2. The van der Waals surface area contributed by atoms with E-state index in [-0.39, 0.29) is 6.10 Å². The first-order valence-corrected chi connectivity index (χ1v) is 6.89. The molecular formula is C14H23N3O2. The molecule has 0 amide bonds. The number of nitrogens with one attached hydrogen (secondary N) is 1. The van der Waals surface area contributed by atoms with E-state index in [9.17, 15) is 0 Å². The van der Waals surface area contributed by atoms with Crippen molar-refractivity contribution in [2.24, 2.45) is 5.92 Å². The van der Waals surface area contributed by atoms with Gasteiger partial charge < -0.3 is 14.8 Å². The summed E-state index contributed by atoms with van der Waals surface area (Å²) in [4.78, 5) is 9.03. The summed E-state index contributed by atoms with van der Waals surface area (Å²) in [7, 11) is 0. The summed E-state index contributed by atoms with van der Waals surface area (Å²) in [6, 6.07) is 2.01. The van der Waals surface area contributed by atoms with Gasteiger partial charge in [0.05, 0.1) is 25.5 Å². The lowest BCUT2D eigenvalue weighted by atomic mass is 10.2. The highest BCUT2D eigenvalue weighted by atomic mass is 16.6. The van der Waals surface area contributed by atoms with Crippen LogP contribution in [0.5, 0.6) is 0 Å². The van der Waals surface area contributed by atoms with E-state index in [2.05, 4.69) is 29.1 Å². The van der Waals surface area contributed by atoms with Crippen molar-refractivity contribution < 1.29 is 9.47 Å². The molecule has 2 rings (SSSR count). The topological polar surface area (TPSA) is 56.3 Å². The highest BCUT2D eigenvalue weighted by Crippen LogP contribution is 2.17. The molecule has 0 spiro atoms. The van der Waals surface area contributed by atoms with Crippen molar-refractivity contribution in [2.45, 2.75) is 33.4 Å². The van der Waals surface area contributed by atoms with Gasteiger partial charge in [-0.25, -0.2) is 9.97 Å². The van der Waals surface area contributed by atoms with Gasteiger partial charge in [-0.3, -0.25) is 0 Å². The zero-order valence-electron chi connectivity index (χ0n) is 12.0. The summed E-state index contributed by atoms with van der Waals surface area (Å²) in [5.74, 6) is 1.37. The first-order valence-electron chi connectivity index (χ1n) is 6.89. The first-order chi connectivity index (χ1) is 9.15. The maximum atomic E-state index is 5.65. The number of aryl methyl sites for hydroxylation is 1. The second-order valence-electron chi connectivity index (χ2n) is 5.32. The summed E-state index contributed by atoms with van der Waals surface area (Å²) in [6.07, 6.45) is -0.127. The minimum atomic E-state index is -0.127. The Labute approximate surface area is 114 Å². The Hall–Kier alpha value is -1.04. The third-order valence-electron chi connectivity index (χ3n) is 2.89. The molecule has 1 aliphatic heterocycles. The normalized spacial score (nSPS) is 19.9. The van der Waals surface area contributed by atoms with Crippen molar-refractivity contribution in [3.8, 4) is 0 Å². The van der Waals surface area contributed by atoms with Crippen molar-refractivity contribution in [1.29, 1.82) is 0 Å². The van der Waals surface area contributed by atoms with Gasteiger partial charge in [0, 0.05) is 12.2 Å². The predicted octanol–water partition coefficient (Wildman–Crippen LogP) is 1.62. The van der Waals surface area contributed by atoms with Gasteiger partial charge in [0.15, 0.2) is 5.82 Å². The average molecular weight is 265 g/mol. The quantitative estimate of drug-likeness (QED) is 0.876. The molecule has 1 N–H and O–H groups in total. The van der Waals surface area contributed by atoms with Crippen molar-refractivity contribution in [3.63, 3.8) is 0 Å². The molecule has 0 saturated carbocycles. The van der Waals surface area contributed by atoms with E-state index in [0.29, 0.717) is 25.7 Å². The van der Waals surface area contributed by atoms with E-state index in [1.54, 1.807) is 0 Å². The maximum absolute atomic E-state index is 5.65. The van der Waals surface area contributed by atoms with Gasteiger partial charge in [-0.1, -0.05) is 13.8 Å². The van der Waals surface area contributed by atoms with E-state index in [4.69, 9.17) is 9.47 Å². The molecule has 106 valence electrons. The van der Waals surface area contributed by atoms with Crippen molar-refractivity contribution in [2.75, 3.05) is 26.4 Å².